The molecular formula is C15H21N5O2S. The van der Waals surface area contributed by atoms with Crippen molar-refractivity contribution < 1.29 is 8.42 Å². The van der Waals surface area contributed by atoms with Crippen molar-refractivity contribution in [1.82, 2.24) is 24.2 Å². The number of aromatic nitrogens is 3. The fourth-order valence-corrected chi connectivity index (χ4v) is 4.22. The highest BCUT2D eigenvalue weighted by molar-refractivity contribution is 7.89. The molecule has 1 unspecified atom stereocenters. The van der Waals surface area contributed by atoms with E-state index in [9.17, 15) is 8.42 Å². The van der Waals surface area contributed by atoms with Crippen LogP contribution in [0.2, 0.25) is 0 Å². The fourth-order valence-electron chi connectivity index (χ4n) is 2.68. The second-order valence-corrected chi connectivity index (χ2v) is 7.71. The molecule has 2 aromatic rings. The van der Waals surface area contributed by atoms with Gasteiger partial charge in [-0.2, -0.15) is 4.31 Å². The van der Waals surface area contributed by atoms with Gasteiger partial charge in [0.15, 0.2) is 5.03 Å². The summed E-state index contributed by atoms with van der Waals surface area (Å²) in [5.74, 6) is 0. The maximum Gasteiger partial charge on any atom is 0.262 e. The zero-order chi connectivity index (χ0) is 16.4. The first kappa shape index (κ1) is 16.1. The predicted octanol–water partition coefficient (Wildman–Crippen LogP) is 1.19. The van der Waals surface area contributed by atoms with Crippen LogP contribution >= 0.6 is 0 Å². The second-order valence-electron chi connectivity index (χ2n) is 5.87. The Morgan fingerprint density at radius 3 is 2.87 bits per heavy atom. The average Bonchev–Trinajstić information content (AvgIpc) is 3.07. The number of nitrogens with one attached hydrogen (secondary N) is 1. The molecule has 7 nitrogen and oxygen atoms in total. The van der Waals surface area contributed by atoms with Crippen molar-refractivity contribution in [2.45, 2.75) is 31.0 Å². The topological polar surface area (TPSA) is 80.1 Å². The number of hydrogen-bond acceptors (Lipinski definition) is 5. The third-order valence-corrected chi connectivity index (χ3v) is 5.80. The highest BCUT2D eigenvalue weighted by Gasteiger charge is 2.35. The van der Waals surface area contributed by atoms with E-state index in [2.05, 4.69) is 15.3 Å². The summed E-state index contributed by atoms with van der Waals surface area (Å²) in [5, 5.41) is 3.35. The lowest BCUT2D eigenvalue weighted by molar-refractivity contribution is 0.270. The van der Waals surface area contributed by atoms with Gasteiger partial charge < -0.3 is 9.88 Å². The lowest BCUT2D eigenvalue weighted by Crippen LogP contribution is -2.48. The molecule has 0 amide bonds. The maximum atomic E-state index is 13.0. The van der Waals surface area contributed by atoms with Gasteiger partial charge in [0.05, 0.1) is 12.4 Å². The van der Waals surface area contributed by atoms with E-state index in [1.165, 1.54) is 4.31 Å². The molecule has 1 fully saturated rings. The summed E-state index contributed by atoms with van der Waals surface area (Å²) in [6.45, 7) is 5.58. The molecule has 1 aliphatic rings. The third kappa shape index (κ3) is 3.15. The number of pyridine rings is 1. The molecular weight excluding hydrogens is 314 g/mol. The van der Waals surface area contributed by atoms with Crippen molar-refractivity contribution in [3.8, 4) is 0 Å². The van der Waals surface area contributed by atoms with E-state index in [1.807, 2.05) is 26.0 Å². The number of hydrogen-bond donors (Lipinski definition) is 1. The van der Waals surface area contributed by atoms with Crippen LogP contribution in [0, 0.1) is 0 Å². The van der Waals surface area contributed by atoms with Crippen LogP contribution in [0.1, 0.15) is 31.5 Å². The van der Waals surface area contributed by atoms with E-state index in [4.69, 9.17) is 0 Å². The minimum absolute atomic E-state index is 0.0991. The molecule has 1 saturated heterocycles. The fraction of sp³-hybridized carbons (Fsp3) is 0.467. The van der Waals surface area contributed by atoms with Crippen molar-refractivity contribution in [3.05, 3.63) is 42.6 Å². The number of rotatable bonds is 4. The first-order chi connectivity index (χ1) is 11.0. The molecule has 0 aliphatic carbocycles. The van der Waals surface area contributed by atoms with E-state index < -0.39 is 10.0 Å². The lowest BCUT2D eigenvalue weighted by Gasteiger charge is -2.34. The summed E-state index contributed by atoms with van der Waals surface area (Å²) < 4.78 is 29.3. The summed E-state index contributed by atoms with van der Waals surface area (Å²) in [5.41, 5.74) is 0.881. The zero-order valence-corrected chi connectivity index (χ0v) is 14.1. The van der Waals surface area contributed by atoms with Crippen LogP contribution in [-0.4, -0.2) is 46.9 Å². The molecule has 0 saturated carbocycles. The van der Waals surface area contributed by atoms with Crippen LogP contribution in [0.15, 0.2) is 42.1 Å². The van der Waals surface area contributed by atoms with E-state index in [0.29, 0.717) is 19.6 Å². The van der Waals surface area contributed by atoms with Crippen LogP contribution in [0.3, 0.4) is 0 Å². The molecule has 0 spiro atoms. The molecule has 3 heterocycles. The van der Waals surface area contributed by atoms with Gasteiger partial charge in [0, 0.05) is 44.3 Å². The van der Waals surface area contributed by atoms with Crippen molar-refractivity contribution >= 4 is 10.0 Å². The quantitative estimate of drug-likeness (QED) is 0.908. The molecule has 1 N–H and O–H groups in total. The van der Waals surface area contributed by atoms with Crippen molar-refractivity contribution in [2.75, 3.05) is 19.6 Å². The molecule has 8 heteroatoms. The molecule has 3 rings (SSSR count). The Kier molecular flexibility index (Phi) is 4.47. The smallest absolute Gasteiger partial charge is 0.262 e. The first-order valence-electron chi connectivity index (χ1n) is 7.66. The van der Waals surface area contributed by atoms with Gasteiger partial charge in [0.25, 0.3) is 10.0 Å². The van der Waals surface area contributed by atoms with Gasteiger partial charge in [-0.1, -0.05) is 6.07 Å². The minimum atomic E-state index is -3.64. The summed E-state index contributed by atoms with van der Waals surface area (Å²) in [4.78, 5) is 8.22. The van der Waals surface area contributed by atoms with Gasteiger partial charge in [-0.05, 0) is 25.5 Å². The lowest BCUT2D eigenvalue weighted by atomic mass is 10.1. The van der Waals surface area contributed by atoms with Gasteiger partial charge >= 0.3 is 0 Å². The molecule has 0 aromatic carbocycles. The number of piperazine rings is 1. The molecule has 1 aliphatic heterocycles. The minimum Gasteiger partial charge on any atom is -0.334 e. The van der Waals surface area contributed by atoms with Crippen LogP contribution < -0.4 is 5.32 Å². The Morgan fingerprint density at radius 2 is 2.22 bits per heavy atom. The highest BCUT2D eigenvalue weighted by Crippen LogP contribution is 2.28. The molecule has 23 heavy (non-hydrogen) atoms. The van der Waals surface area contributed by atoms with Crippen molar-refractivity contribution in [1.29, 1.82) is 0 Å². The predicted molar refractivity (Wildman–Crippen MR) is 86.4 cm³/mol. The van der Waals surface area contributed by atoms with E-state index in [0.717, 1.165) is 5.56 Å². The Bertz CT molecular complexity index is 757. The Balaban J connectivity index is 1.95. The number of sulfonamides is 1. The van der Waals surface area contributed by atoms with Gasteiger partial charge in [0.1, 0.15) is 0 Å². The normalized spacial score (nSPS) is 20.0. The summed E-state index contributed by atoms with van der Waals surface area (Å²) in [6.07, 6.45) is 6.57. The van der Waals surface area contributed by atoms with E-state index in [1.54, 1.807) is 29.5 Å². The van der Waals surface area contributed by atoms with Crippen LogP contribution in [0.5, 0.6) is 0 Å². The summed E-state index contributed by atoms with van der Waals surface area (Å²) in [6, 6.07) is 3.62. The second kappa shape index (κ2) is 6.38. The SMILES string of the molecule is CC(C)n1cnc(S(=O)(=O)N2CCNCC2c2cccnc2)c1. The maximum absolute atomic E-state index is 13.0. The van der Waals surface area contributed by atoms with E-state index >= 15 is 0 Å². The highest BCUT2D eigenvalue weighted by atomic mass is 32.2. The standard InChI is InChI=1S/C15H21N5O2S/c1-12(2)19-10-15(18-11-19)23(21,22)20-7-6-17-9-14(20)13-4-3-5-16-8-13/h3-5,8,10-12,14,17H,6-7,9H2,1-2H3. The van der Waals surface area contributed by atoms with Gasteiger partial charge in [-0.3, -0.25) is 4.98 Å². The molecule has 124 valence electrons. The van der Waals surface area contributed by atoms with Crippen LogP contribution in [0.4, 0.5) is 0 Å². The van der Waals surface area contributed by atoms with Gasteiger partial charge in [0.2, 0.25) is 0 Å². The van der Waals surface area contributed by atoms with Crippen molar-refractivity contribution in [2.24, 2.45) is 0 Å². The van der Waals surface area contributed by atoms with Gasteiger partial charge in [-0.15, -0.1) is 0 Å². The van der Waals surface area contributed by atoms with E-state index in [-0.39, 0.29) is 17.1 Å². The Morgan fingerprint density at radius 1 is 1.39 bits per heavy atom. The average molecular weight is 335 g/mol. The number of imidazole rings is 1. The largest absolute Gasteiger partial charge is 0.334 e. The summed E-state index contributed by atoms with van der Waals surface area (Å²) >= 11 is 0. The molecule has 2 aromatic heterocycles. The third-order valence-electron chi connectivity index (χ3n) is 4.01. The molecule has 1 atom stereocenters. The zero-order valence-electron chi connectivity index (χ0n) is 13.3. The Hall–Kier alpha value is -1.77. The van der Waals surface area contributed by atoms with Crippen LogP contribution in [0.25, 0.3) is 0 Å². The monoisotopic (exact) mass is 335 g/mol. The van der Waals surface area contributed by atoms with Crippen molar-refractivity contribution in [3.63, 3.8) is 0 Å². The molecule has 0 radical (unpaired) electrons. The number of nitrogens with zero attached hydrogens (tertiary/aromatic N) is 4. The summed E-state index contributed by atoms with van der Waals surface area (Å²) in [7, 11) is -3.64. The van der Waals surface area contributed by atoms with Gasteiger partial charge in [-0.25, -0.2) is 13.4 Å². The first-order valence-corrected chi connectivity index (χ1v) is 9.10. The molecule has 0 bridgehead atoms. The Labute approximate surface area is 136 Å². The van der Waals surface area contributed by atoms with Crippen LogP contribution in [-0.2, 0) is 10.0 Å².